The largest absolute Gasteiger partial charge is 0.494 e. The first-order valence-corrected chi connectivity index (χ1v) is 28.7. The summed E-state index contributed by atoms with van der Waals surface area (Å²) < 4.78 is 35.1. The molecule has 75 heavy (non-hydrogen) atoms. The Hall–Kier alpha value is -6.46. The van der Waals surface area contributed by atoms with E-state index >= 15 is 0 Å². The Balaban J connectivity index is 0.868. The summed E-state index contributed by atoms with van der Waals surface area (Å²) in [6.07, 6.45) is 31.0. The van der Waals surface area contributed by atoms with Crippen molar-refractivity contribution < 1.29 is 47.6 Å². The minimum atomic E-state index is -0.625. The van der Waals surface area contributed by atoms with Gasteiger partial charge in [-0.15, -0.1) is 11.3 Å². The van der Waals surface area contributed by atoms with Crippen LogP contribution in [0.3, 0.4) is 0 Å². The van der Waals surface area contributed by atoms with Crippen LogP contribution in [0.4, 0.5) is 0 Å². The molecule has 11 heteroatoms. The molecule has 0 fully saturated rings. The van der Waals surface area contributed by atoms with Crippen molar-refractivity contribution in [2.75, 3.05) is 13.2 Å². The van der Waals surface area contributed by atoms with E-state index in [1.807, 2.05) is 6.07 Å². The van der Waals surface area contributed by atoms with Crippen LogP contribution in [0, 0.1) is 0 Å². The number of carbonyl (C=O) groups is 4. The van der Waals surface area contributed by atoms with E-state index < -0.39 is 23.9 Å². The van der Waals surface area contributed by atoms with Gasteiger partial charge in [-0.1, -0.05) is 161 Å². The van der Waals surface area contributed by atoms with Crippen molar-refractivity contribution in [3.8, 4) is 34.5 Å². The first-order valence-electron chi connectivity index (χ1n) is 27.9. The molecule has 0 spiro atoms. The lowest BCUT2D eigenvalue weighted by Gasteiger charge is -2.09. The fourth-order valence-corrected chi connectivity index (χ4v) is 9.70. The average molecular weight is 1040 g/mol. The van der Waals surface area contributed by atoms with Gasteiger partial charge in [-0.3, -0.25) is 0 Å². The van der Waals surface area contributed by atoms with Crippen molar-refractivity contribution in [1.82, 2.24) is 0 Å². The lowest BCUT2D eigenvalue weighted by molar-refractivity contribution is 0.0722. The van der Waals surface area contributed by atoms with Gasteiger partial charge >= 0.3 is 23.9 Å². The maximum absolute atomic E-state index is 13.3. The van der Waals surface area contributed by atoms with Crippen LogP contribution in [0.5, 0.6) is 34.5 Å². The van der Waals surface area contributed by atoms with Gasteiger partial charge < -0.3 is 28.4 Å². The van der Waals surface area contributed by atoms with E-state index in [0.717, 1.165) is 31.4 Å². The number of hydrogen-bond acceptors (Lipinski definition) is 11. The summed E-state index contributed by atoms with van der Waals surface area (Å²) in [5.74, 6) is 0.297. The molecule has 0 aliphatic carbocycles. The topological polar surface area (TPSA) is 124 Å². The number of esters is 4. The van der Waals surface area contributed by atoms with Crippen LogP contribution >= 0.6 is 11.3 Å². The van der Waals surface area contributed by atoms with Gasteiger partial charge in [0.25, 0.3) is 0 Å². The zero-order valence-electron chi connectivity index (χ0n) is 44.4. The van der Waals surface area contributed by atoms with E-state index in [9.17, 15) is 19.2 Å². The van der Waals surface area contributed by atoms with Gasteiger partial charge in [0.1, 0.15) is 39.4 Å². The van der Waals surface area contributed by atoms with Crippen LogP contribution in [0.2, 0.25) is 0 Å². The Kier molecular flexibility index (Phi) is 25.8. The van der Waals surface area contributed by atoms with E-state index in [-0.39, 0.29) is 28.4 Å². The van der Waals surface area contributed by atoms with Crippen LogP contribution in [0.15, 0.2) is 121 Å². The summed E-state index contributed by atoms with van der Waals surface area (Å²) in [4.78, 5) is 52.7. The highest BCUT2D eigenvalue weighted by Crippen LogP contribution is 2.34. The number of benzene rings is 5. The van der Waals surface area contributed by atoms with E-state index in [1.54, 1.807) is 66.7 Å². The quantitative estimate of drug-likeness (QED) is 0.0213. The fourth-order valence-electron chi connectivity index (χ4n) is 8.75. The van der Waals surface area contributed by atoms with Crippen LogP contribution in [-0.2, 0) is 0 Å². The van der Waals surface area contributed by atoms with Crippen molar-refractivity contribution in [2.24, 2.45) is 0 Å². The van der Waals surface area contributed by atoms with Gasteiger partial charge in [0, 0.05) is 10.1 Å². The Morgan fingerprint density at radius 3 is 1.07 bits per heavy atom. The number of unbranched alkanes of at least 4 members (excludes halogenated alkanes) is 22. The molecule has 0 aliphatic heterocycles. The zero-order chi connectivity index (χ0) is 52.7. The zero-order valence-corrected chi connectivity index (χ0v) is 45.2. The predicted octanol–water partition coefficient (Wildman–Crippen LogP) is 17.9. The Labute approximate surface area is 449 Å². The number of fused-ring (bicyclic) bond motifs is 1. The molecular formula is C64H78O10S. The third kappa shape index (κ3) is 21.0. The molecule has 0 amide bonds. The molecule has 1 heterocycles. The molecule has 1 aromatic heterocycles. The van der Waals surface area contributed by atoms with Gasteiger partial charge in [0.05, 0.1) is 29.9 Å². The van der Waals surface area contributed by atoms with Gasteiger partial charge in [-0.25, -0.2) is 19.2 Å². The van der Waals surface area contributed by atoms with Crippen LogP contribution in [0.1, 0.15) is 209 Å². The normalized spacial score (nSPS) is 11.1. The van der Waals surface area contributed by atoms with E-state index in [0.29, 0.717) is 45.2 Å². The van der Waals surface area contributed by atoms with Gasteiger partial charge in [-0.05, 0) is 128 Å². The van der Waals surface area contributed by atoms with Crippen LogP contribution < -0.4 is 28.4 Å². The minimum Gasteiger partial charge on any atom is -0.494 e. The molecule has 400 valence electrons. The molecule has 0 saturated heterocycles. The number of hydrogen-bond donors (Lipinski definition) is 0. The van der Waals surface area contributed by atoms with Gasteiger partial charge in [0.15, 0.2) is 0 Å². The molecule has 0 saturated carbocycles. The van der Waals surface area contributed by atoms with Gasteiger partial charge in [-0.2, -0.15) is 0 Å². The van der Waals surface area contributed by atoms with Crippen molar-refractivity contribution >= 4 is 45.3 Å². The monoisotopic (exact) mass is 1040 g/mol. The molecule has 6 aromatic rings. The second-order valence-corrected chi connectivity index (χ2v) is 20.4. The SMILES string of the molecule is CCCCCCCCCCCCCCOc1ccc(OC(=O)c2ccc(OC(=O)c3cc4c(OC(=O)c5ccc(OC(=O)c6ccc(OCCCCCCCCCCCCCC)cc6)cc5)cccc4s3)cc2)cc1. The summed E-state index contributed by atoms with van der Waals surface area (Å²) >= 11 is 1.20. The second kappa shape index (κ2) is 33.5. The number of rotatable bonds is 36. The first kappa shape index (κ1) is 57.8. The molecule has 6 rings (SSSR count). The summed E-state index contributed by atoms with van der Waals surface area (Å²) in [7, 11) is 0. The minimum absolute atomic E-state index is 0.242. The highest BCUT2D eigenvalue weighted by atomic mass is 32.1. The Bertz CT molecular complexity index is 2600. The summed E-state index contributed by atoms with van der Waals surface area (Å²) in [6.45, 7) is 5.81. The smallest absolute Gasteiger partial charge is 0.353 e. The summed E-state index contributed by atoms with van der Waals surface area (Å²) in [6, 6.07) is 33.0. The number of carbonyl (C=O) groups excluding carboxylic acids is 4. The molecule has 5 aromatic carbocycles. The second-order valence-electron chi connectivity index (χ2n) is 19.4. The lowest BCUT2D eigenvalue weighted by Crippen LogP contribution is -2.10. The summed E-state index contributed by atoms with van der Waals surface area (Å²) in [5, 5.41) is 0.561. The van der Waals surface area contributed by atoms with Crippen molar-refractivity contribution in [2.45, 2.75) is 168 Å². The maximum atomic E-state index is 13.3. The number of ether oxygens (including phenoxy) is 6. The molecule has 0 atom stereocenters. The standard InChI is InChI=1S/C64H78O10S/c1-3-5-7-9-11-13-15-17-19-21-23-25-46-69-52-36-30-49(31-37-52)61(65)71-54-38-34-51(35-39-54)63(67)74-58-28-27-29-59-57(58)48-60(75-59)64(68)73-55-40-32-50(33-41-55)62(66)72-56-44-42-53(43-45-56)70-47-26-24-22-20-18-16-14-12-10-8-6-4-2/h27-45,48H,3-26,46-47H2,1-2H3. The third-order valence-corrected chi connectivity index (χ3v) is 14.3. The van der Waals surface area contributed by atoms with Gasteiger partial charge in [0.2, 0.25) is 0 Å². The van der Waals surface area contributed by atoms with Crippen LogP contribution in [-0.4, -0.2) is 37.1 Å². The van der Waals surface area contributed by atoms with E-state index in [1.165, 1.54) is 188 Å². The highest BCUT2D eigenvalue weighted by Gasteiger charge is 2.19. The summed E-state index contributed by atoms with van der Waals surface area (Å²) in [5.41, 5.74) is 0.909. The van der Waals surface area contributed by atoms with Crippen LogP contribution in [0.25, 0.3) is 10.1 Å². The van der Waals surface area contributed by atoms with E-state index in [4.69, 9.17) is 28.4 Å². The molecule has 10 nitrogen and oxygen atoms in total. The fraction of sp³-hybridized carbons (Fsp3) is 0.438. The number of thiophene rings is 1. The molecule has 0 aliphatic rings. The first-order chi connectivity index (χ1) is 36.8. The molecule has 0 unspecified atom stereocenters. The maximum Gasteiger partial charge on any atom is 0.353 e. The van der Waals surface area contributed by atoms with Crippen molar-refractivity contribution in [3.05, 3.63) is 143 Å². The molecule has 0 bridgehead atoms. The molecule has 0 N–H and O–H groups in total. The Morgan fingerprint density at radius 1 is 0.347 bits per heavy atom. The predicted molar refractivity (Wildman–Crippen MR) is 301 cm³/mol. The third-order valence-electron chi connectivity index (χ3n) is 13.2. The van der Waals surface area contributed by atoms with Crippen molar-refractivity contribution in [1.29, 1.82) is 0 Å². The molecule has 0 radical (unpaired) electrons. The molecular weight excluding hydrogens is 961 g/mol. The highest BCUT2D eigenvalue weighted by molar-refractivity contribution is 7.20. The van der Waals surface area contributed by atoms with E-state index in [2.05, 4.69) is 13.8 Å². The average Bonchev–Trinajstić information content (AvgIpc) is 3.88. The Morgan fingerprint density at radius 2 is 0.667 bits per heavy atom. The lowest BCUT2D eigenvalue weighted by atomic mass is 10.1. The van der Waals surface area contributed by atoms with Crippen molar-refractivity contribution in [3.63, 3.8) is 0 Å².